The highest BCUT2D eigenvalue weighted by Gasteiger charge is 2.24. The highest BCUT2D eigenvalue weighted by atomic mass is 16.5. The molecule has 0 saturated carbocycles. The summed E-state index contributed by atoms with van der Waals surface area (Å²) in [4.78, 5) is 40.7. The van der Waals surface area contributed by atoms with Gasteiger partial charge in [0.05, 0.1) is 26.8 Å². The van der Waals surface area contributed by atoms with E-state index in [1.165, 1.54) is 17.6 Å². The number of nitrogens with zero attached hydrogens (tertiary/aromatic N) is 3. The summed E-state index contributed by atoms with van der Waals surface area (Å²) in [6.45, 7) is 5.73. The maximum Gasteiger partial charge on any atom is 0.305 e. The van der Waals surface area contributed by atoms with E-state index < -0.39 is 0 Å². The Morgan fingerprint density at radius 1 is 0.971 bits per heavy atom. The third-order valence-corrected chi connectivity index (χ3v) is 5.64. The van der Waals surface area contributed by atoms with E-state index >= 15 is 0 Å². The van der Waals surface area contributed by atoms with Crippen LogP contribution in [0.3, 0.4) is 0 Å². The molecule has 1 aromatic heterocycles. The van der Waals surface area contributed by atoms with Crippen LogP contribution in [0.15, 0.2) is 48.7 Å². The second kappa shape index (κ2) is 14.2. The molecule has 8 nitrogen and oxygen atoms in total. The summed E-state index contributed by atoms with van der Waals surface area (Å²) in [5, 5.41) is 0. The molecule has 2 rings (SSSR count). The Morgan fingerprint density at radius 2 is 1.71 bits per heavy atom. The van der Waals surface area contributed by atoms with E-state index in [1.54, 1.807) is 12.0 Å². The Hall–Kier alpha value is -3.13. The first-order chi connectivity index (χ1) is 16.3. The summed E-state index contributed by atoms with van der Waals surface area (Å²) < 4.78 is 11.9. The fraction of sp³-hybridized carbons (Fsp3) is 0.500. The zero-order chi connectivity index (χ0) is 24.9. The average molecular weight is 472 g/mol. The number of hydrogen-bond acceptors (Lipinski definition) is 5. The molecule has 1 aromatic carbocycles. The Bertz CT molecular complexity index is 910. The zero-order valence-electron chi connectivity index (χ0n) is 20.7. The van der Waals surface area contributed by atoms with Crippen LogP contribution in [0.4, 0.5) is 0 Å². The molecule has 0 saturated heterocycles. The van der Waals surface area contributed by atoms with Crippen molar-refractivity contribution < 1.29 is 23.9 Å². The summed E-state index contributed by atoms with van der Waals surface area (Å²) in [7, 11) is 2.88. The van der Waals surface area contributed by atoms with Crippen molar-refractivity contribution in [3.05, 3.63) is 59.9 Å². The number of aromatic nitrogens is 1. The molecule has 0 aliphatic carbocycles. The molecule has 1 heterocycles. The van der Waals surface area contributed by atoms with Gasteiger partial charge < -0.3 is 23.8 Å². The minimum atomic E-state index is -0.350. The quantitative estimate of drug-likeness (QED) is 0.396. The van der Waals surface area contributed by atoms with Crippen molar-refractivity contribution in [3.8, 4) is 0 Å². The van der Waals surface area contributed by atoms with E-state index in [0.717, 1.165) is 12.2 Å². The molecule has 0 atom stereocenters. The van der Waals surface area contributed by atoms with Gasteiger partial charge in [0.1, 0.15) is 0 Å². The van der Waals surface area contributed by atoms with Gasteiger partial charge in [0, 0.05) is 51.0 Å². The maximum atomic E-state index is 13.3. The van der Waals surface area contributed by atoms with Crippen LogP contribution >= 0.6 is 0 Å². The number of esters is 1. The second-order valence-corrected chi connectivity index (χ2v) is 8.47. The summed E-state index contributed by atoms with van der Waals surface area (Å²) in [5.74, 6) is -0.651. The lowest BCUT2D eigenvalue weighted by Gasteiger charge is -2.30. The molecule has 0 radical (unpaired) electrons. The van der Waals surface area contributed by atoms with Crippen molar-refractivity contribution in [1.29, 1.82) is 0 Å². The molecule has 0 spiro atoms. The van der Waals surface area contributed by atoms with Crippen LogP contribution in [-0.2, 0) is 36.9 Å². The van der Waals surface area contributed by atoms with E-state index in [4.69, 9.17) is 4.74 Å². The highest BCUT2D eigenvalue weighted by Crippen LogP contribution is 2.14. The molecule has 0 N–H and O–H groups in total. The topological polar surface area (TPSA) is 81.1 Å². The molecule has 0 fully saturated rings. The molecule has 34 heavy (non-hydrogen) atoms. The lowest BCUT2D eigenvalue weighted by Crippen LogP contribution is -2.46. The highest BCUT2D eigenvalue weighted by molar-refractivity contribution is 5.85. The molecule has 0 aliphatic heterocycles. The Balaban J connectivity index is 2.06. The lowest BCUT2D eigenvalue weighted by molar-refractivity contribution is -0.143. The fourth-order valence-corrected chi connectivity index (χ4v) is 3.65. The van der Waals surface area contributed by atoms with Gasteiger partial charge >= 0.3 is 5.97 Å². The zero-order valence-corrected chi connectivity index (χ0v) is 20.7. The van der Waals surface area contributed by atoms with Crippen molar-refractivity contribution in [2.75, 3.05) is 33.9 Å². The second-order valence-electron chi connectivity index (χ2n) is 8.47. The molecule has 0 bridgehead atoms. The van der Waals surface area contributed by atoms with Gasteiger partial charge in [-0.25, -0.2) is 0 Å². The first kappa shape index (κ1) is 27.1. The van der Waals surface area contributed by atoms with Crippen LogP contribution in [-0.4, -0.2) is 72.1 Å². The molecule has 0 unspecified atom stereocenters. The summed E-state index contributed by atoms with van der Waals surface area (Å²) >= 11 is 0. The standard InChI is InChI=1S/C26H37N3O5/c1-21(2)29(19-23-12-9-15-27(23)18-22-10-6-5-7-11-22)25(31)20-28(16-17-33-3)24(30)13-8-14-26(32)34-4/h5-7,9-12,15,21H,8,13-14,16-20H2,1-4H3. The number of ether oxygens (including phenoxy) is 2. The molecule has 0 aliphatic rings. The van der Waals surface area contributed by atoms with E-state index in [1.807, 2.05) is 50.4 Å². The average Bonchev–Trinajstić information content (AvgIpc) is 3.26. The monoisotopic (exact) mass is 471 g/mol. The van der Waals surface area contributed by atoms with E-state index in [2.05, 4.69) is 21.4 Å². The molecule has 186 valence electrons. The van der Waals surface area contributed by atoms with Crippen molar-refractivity contribution >= 4 is 17.8 Å². The Labute approximate surface area is 202 Å². The predicted octanol–water partition coefficient (Wildman–Crippen LogP) is 3.09. The molecule has 8 heteroatoms. The van der Waals surface area contributed by atoms with Gasteiger partial charge in [0.15, 0.2) is 0 Å². The van der Waals surface area contributed by atoms with Gasteiger partial charge in [0.2, 0.25) is 11.8 Å². The maximum absolute atomic E-state index is 13.3. The number of amides is 2. The summed E-state index contributed by atoms with van der Waals surface area (Å²) in [5.41, 5.74) is 2.21. The first-order valence-electron chi connectivity index (χ1n) is 11.7. The van der Waals surface area contributed by atoms with Crippen LogP contribution in [0.2, 0.25) is 0 Å². The first-order valence-corrected chi connectivity index (χ1v) is 11.7. The van der Waals surface area contributed by atoms with Gasteiger partial charge in [-0.1, -0.05) is 30.3 Å². The normalized spacial score (nSPS) is 10.9. The lowest BCUT2D eigenvalue weighted by atomic mass is 10.2. The van der Waals surface area contributed by atoms with Gasteiger partial charge in [0.25, 0.3) is 0 Å². The van der Waals surface area contributed by atoms with Crippen LogP contribution in [0, 0.1) is 0 Å². The van der Waals surface area contributed by atoms with E-state index in [9.17, 15) is 14.4 Å². The third kappa shape index (κ3) is 8.67. The fourth-order valence-electron chi connectivity index (χ4n) is 3.65. The molecular weight excluding hydrogens is 434 g/mol. The Kier molecular flexibility index (Phi) is 11.3. The number of benzene rings is 1. The van der Waals surface area contributed by atoms with E-state index in [-0.39, 0.29) is 43.2 Å². The number of rotatable bonds is 14. The Morgan fingerprint density at radius 3 is 2.35 bits per heavy atom. The molecule has 2 amide bonds. The van der Waals surface area contributed by atoms with Crippen molar-refractivity contribution in [2.24, 2.45) is 0 Å². The molecular formula is C26H37N3O5. The minimum absolute atomic E-state index is 0.0298. The predicted molar refractivity (Wildman–Crippen MR) is 130 cm³/mol. The van der Waals surface area contributed by atoms with Crippen LogP contribution in [0.1, 0.15) is 44.4 Å². The SMILES string of the molecule is COCCN(CC(=O)N(Cc1cccn1Cc1ccccc1)C(C)C)C(=O)CCCC(=O)OC. The van der Waals surface area contributed by atoms with Crippen LogP contribution in [0.25, 0.3) is 0 Å². The minimum Gasteiger partial charge on any atom is -0.469 e. The van der Waals surface area contributed by atoms with Gasteiger partial charge in [-0.3, -0.25) is 14.4 Å². The number of hydrogen-bond donors (Lipinski definition) is 0. The van der Waals surface area contributed by atoms with Gasteiger partial charge in [-0.05, 0) is 38.0 Å². The number of methoxy groups -OCH3 is 2. The third-order valence-electron chi connectivity index (χ3n) is 5.64. The van der Waals surface area contributed by atoms with Gasteiger partial charge in [-0.15, -0.1) is 0 Å². The number of carbonyl (C=O) groups excluding carboxylic acids is 3. The van der Waals surface area contributed by atoms with Crippen molar-refractivity contribution in [1.82, 2.24) is 14.4 Å². The van der Waals surface area contributed by atoms with Crippen LogP contribution in [0.5, 0.6) is 0 Å². The smallest absolute Gasteiger partial charge is 0.305 e. The summed E-state index contributed by atoms with van der Waals surface area (Å²) in [6, 6.07) is 14.1. The van der Waals surface area contributed by atoms with E-state index in [0.29, 0.717) is 26.1 Å². The number of carbonyl (C=O) groups is 3. The summed E-state index contributed by atoms with van der Waals surface area (Å²) in [6.07, 6.45) is 2.74. The largest absolute Gasteiger partial charge is 0.469 e. The van der Waals surface area contributed by atoms with Gasteiger partial charge in [-0.2, -0.15) is 0 Å². The van der Waals surface area contributed by atoms with Crippen molar-refractivity contribution in [2.45, 2.75) is 52.2 Å². The molecule has 2 aromatic rings. The van der Waals surface area contributed by atoms with Crippen molar-refractivity contribution in [3.63, 3.8) is 0 Å². The van der Waals surface area contributed by atoms with Crippen LogP contribution < -0.4 is 0 Å².